The molecule has 1 fully saturated rings. The largest absolute Gasteiger partial charge is 0.302 e. The number of hydrogen-bond donors (Lipinski definition) is 1. The van der Waals surface area contributed by atoms with Crippen molar-refractivity contribution in [1.82, 2.24) is 19.6 Å². The Morgan fingerprint density at radius 1 is 1.47 bits per heavy atom. The van der Waals surface area contributed by atoms with Crippen LogP contribution in [0.5, 0.6) is 0 Å². The van der Waals surface area contributed by atoms with Gasteiger partial charge in [-0.1, -0.05) is 6.92 Å². The molecule has 0 aliphatic carbocycles. The van der Waals surface area contributed by atoms with Crippen molar-refractivity contribution in [3.05, 3.63) is 17.7 Å². The van der Waals surface area contributed by atoms with Crippen LogP contribution in [0.2, 0.25) is 5.28 Å². The predicted octanol–water partition coefficient (Wildman–Crippen LogP) is 0.893. The molecule has 1 atom stereocenters. The number of hydrogen-bond acceptors (Lipinski definition) is 5. The van der Waals surface area contributed by atoms with E-state index in [1.807, 2.05) is 0 Å². The first-order valence-corrected chi connectivity index (χ1v) is 8.09. The minimum Gasteiger partial charge on any atom is -0.302 e. The SMILES string of the molecule is CCN1CCCC(NS(=O)(=O)c2cnc(Cl)nc2)C1. The third-order valence-corrected chi connectivity index (χ3v) is 4.85. The second-order valence-electron chi connectivity index (χ2n) is 4.54. The molecule has 0 bridgehead atoms. The van der Waals surface area contributed by atoms with Gasteiger partial charge in [0.2, 0.25) is 15.3 Å². The Kier molecular flexibility index (Phi) is 4.72. The quantitative estimate of drug-likeness (QED) is 0.836. The summed E-state index contributed by atoms with van der Waals surface area (Å²) < 4.78 is 27.0. The van der Waals surface area contributed by atoms with Crippen molar-refractivity contribution in [3.63, 3.8) is 0 Å². The number of nitrogens with zero attached hydrogens (tertiary/aromatic N) is 3. The molecule has 1 aliphatic heterocycles. The lowest BCUT2D eigenvalue weighted by Crippen LogP contribution is -2.47. The highest BCUT2D eigenvalue weighted by atomic mass is 35.5. The molecule has 8 heteroatoms. The van der Waals surface area contributed by atoms with Crippen molar-refractivity contribution in [1.29, 1.82) is 0 Å². The van der Waals surface area contributed by atoms with Crippen molar-refractivity contribution >= 4 is 21.6 Å². The maximum atomic E-state index is 12.2. The molecule has 106 valence electrons. The van der Waals surface area contributed by atoms with Crippen molar-refractivity contribution in [3.8, 4) is 0 Å². The Morgan fingerprint density at radius 3 is 2.79 bits per heavy atom. The number of halogens is 1. The topological polar surface area (TPSA) is 75.2 Å². The smallest absolute Gasteiger partial charge is 0.243 e. The summed E-state index contributed by atoms with van der Waals surface area (Å²) in [5.41, 5.74) is 0. The molecule has 1 N–H and O–H groups in total. The molecule has 0 aromatic carbocycles. The standard InChI is InChI=1S/C11H17ClN4O2S/c1-2-16-5-3-4-9(8-16)15-19(17,18)10-6-13-11(12)14-7-10/h6-7,9,15H,2-5,8H2,1H3. The fourth-order valence-electron chi connectivity index (χ4n) is 2.17. The van der Waals surface area contributed by atoms with Crippen LogP contribution in [0.15, 0.2) is 17.3 Å². The summed E-state index contributed by atoms with van der Waals surface area (Å²) in [5, 5.41) is 0.0359. The highest BCUT2D eigenvalue weighted by Crippen LogP contribution is 2.14. The van der Waals surface area contributed by atoms with Crippen molar-refractivity contribution < 1.29 is 8.42 Å². The van der Waals surface area contributed by atoms with Crippen LogP contribution in [0.25, 0.3) is 0 Å². The second-order valence-corrected chi connectivity index (χ2v) is 6.59. The van der Waals surface area contributed by atoms with Crippen molar-refractivity contribution in [2.24, 2.45) is 0 Å². The van der Waals surface area contributed by atoms with E-state index in [-0.39, 0.29) is 16.2 Å². The summed E-state index contributed by atoms with van der Waals surface area (Å²) >= 11 is 5.55. The molecule has 0 saturated carbocycles. The van der Waals surface area contributed by atoms with Crippen molar-refractivity contribution in [2.75, 3.05) is 19.6 Å². The van der Waals surface area contributed by atoms with Crippen LogP contribution in [0, 0.1) is 0 Å². The number of piperidine rings is 1. The van der Waals surface area contributed by atoms with Gasteiger partial charge in [-0.25, -0.2) is 23.1 Å². The van der Waals surface area contributed by atoms with Gasteiger partial charge in [-0.15, -0.1) is 0 Å². The monoisotopic (exact) mass is 304 g/mol. The third-order valence-electron chi connectivity index (χ3n) is 3.18. The van der Waals surface area contributed by atoms with E-state index >= 15 is 0 Å². The molecule has 6 nitrogen and oxygen atoms in total. The Labute approximate surface area is 118 Å². The van der Waals surface area contributed by atoms with E-state index in [0.29, 0.717) is 0 Å². The molecular weight excluding hydrogens is 288 g/mol. The van der Waals surface area contributed by atoms with Crippen LogP contribution in [0.4, 0.5) is 0 Å². The zero-order chi connectivity index (χ0) is 13.9. The Morgan fingerprint density at radius 2 is 2.16 bits per heavy atom. The van der Waals surface area contributed by atoms with Crippen LogP contribution in [-0.2, 0) is 10.0 Å². The molecule has 0 amide bonds. The average Bonchev–Trinajstić information content (AvgIpc) is 2.39. The van der Waals surface area contributed by atoms with E-state index in [1.165, 1.54) is 12.4 Å². The fourth-order valence-corrected chi connectivity index (χ4v) is 3.41. The van der Waals surface area contributed by atoms with E-state index in [2.05, 4.69) is 26.5 Å². The first-order valence-electron chi connectivity index (χ1n) is 6.23. The van der Waals surface area contributed by atoms with Gasteiger partial charge in [-0.05, 0) is 37.5 Å². The molecule has 19 heavy (non-hydrogen) atoms. The molecule has 1 saturated heterocycles. The van der Waals surface area contributed by atoms with E-state index < -0.39 is 10.0 Å². The maximum absolute atomic E-state index is 12.2. The molecule has 1 aliphatic rings. The van der Waals surface area contributed by atoms with Gasteiger partial charge in [-0.3, -0.25) is 0 Å². The second kappa shape index (κ2) is 6.13. The number of likely N-dealkylation sites (tertiary alicyclic amines) is 1. The van der Waals surface area contributed by atoms with Crippen LogP contribution in [0.3, 0.4) is 0 Å². The number of aromatic nitrogens is 2. The Hall–Kier alpha value is -0.760. The van der Waals surface area contributed by atoms with Crippen LogP contribution >= 0.6 is 11.6 Å². The summed E-state index contributed by atoms with van der Waals surface area (Å²) in [7, 11) is -3.57. The van der Waals surface area contributed by atoms with Crippen LogP contribution < -0.4 is 4.72 Å². The maximum Gasteiger partial charge on any atom is 0.243 e. The van der Waals surface area contributed by atoms with Gasteiger partial charge in [0.25, 0.3) is 0 Å². The summed E-state index contributed by atoms with van der Waals surface area (Å²) in [4.78, 5) is 9.67. The van der Waals surface area contributed by atoms with Crippen molar-refractivity contribution in [2.45, 2.75) is 30.7 Å². The van der Waals surface area contributed by atoms with Gasteiger partial charge < -0.3 is 4.90 Å². The molecule has 1 aromatic heterocycles. The molecule has 2 rings (SSSR count). The first kappa shape index (κ1) is 14.6. The number of rotatable bonds is 4. The lowest BCUT2D eigenvalue weighted by molar-refractivity contribution is 0.211. The lowest BCUT2D eigenvalue weighted by Gasteiger charge is -2.31. The average molecular weight is 305 g/mol. The van der Waals surface area contributed by atoms with Gasteiger partial charge >= 0.3 is 0 Å². The lowest BCUT2D eigenvalue weighted by atomic mass is 10.1. The number of likely N-dealkylation sites (N-methyl/N-ethyl adjacent to an activating group) is 1. The molecule has 2 heterocycles. The minimum atomic E-state index is -3.57. The van der Waals surface area contributed by atoms with E-state index in [1.54, 1.807) is 0 Å². The molecule has 1 unspecified atom stereocenters. The number of sulfonamides is 1. The summed E-state index contributed by atoms with van der Waals surface area (Å²) in [5.74, 6) is 0. The molecule has 0 radical (unpaired) electrons. The predicted molar refractivity (Wildman–Crippen MR) is 72.5 cm³/mol. The molecule has 0 spiro atoms. The minimum absolute atomic E-state index is 0.0359. The van der Waals surface area contributed by atoms with Gasteiger partial charge in [-0.2, -0.15) is 0 Å². The normalized spacial score (nSPS) is 21.5. The fraction of sp³-hybridized carbons (Fsp3) is 0.636. The van der Waals surface area contributed by atoms with Gasteiger partial charge in [0.1, 0.15) is 4.90 Å². The molecule has 1 aromatic rings. The highest BCUT2D eigenvalue weighted by molar-refractivity contribution is 7.89. The van der Waals surface area contributed by atoms with Crippen LogP contribution in [-0.4, -0.2) is 49.0 Å². The van der Waals surface area contributed by atoms with E-state index in [0.717, 1.165) is 32.5 Å². The number of nitrogens with one attached hydrogen (secondary N) is 1. The van der Waals surface area contributed by atoms with E-state index in [4.69, 9.17) is 11.6 Å². The zero-order valence-corrected chi connectivity index (χ0v) is 12.3. The van der Waals surface area contributed by atoms with Gasteiger partial charge in [0.05, 0.1) is 12.4 Å². The summed E-state index contributed by atoms with van der Waals surface area (Å²) in [6, 6.07) is -0.0608. The Balaban J connectivity index is 2.06. The van der Waals surface area contributed by atoms with Gasteiger partial charge in [0, 0.05) is 12.6 Å². The van der Waals surface area contributed by atoms with E-state index in [9.17, 15) is 8.42 Å². The van der Waals surface area contributed by atoms with Gasteiger partial charge in [0.15, 0.2) is 0 Å². The first-order chi connectivity index (χ1) is 9.01. The zero-order valence-electron chi connectivity index (χ0n) is 10.7. The highest BCUT2D eigenvalue weighted by Gasteiger charge is 2.24. The summed E-state index contributed by atoms with van der Waals surface area (Å²) in [6.07, 6.45) is 4.29. The summed E-state index contributed by atoms with van der Waals surface area (Å²) in [6.45, 7) is 4.77. The third kappa shape index (κ3) is 3.85. The Bertz CT molecular complexity index is 520. The molecular formula is C11H17ClN4O2S. The van der Waals surface area contributed by atoms with Crippen LogP contribution in [0.1, 0.15) is 19.8 Å².